The molecule has 4 heteroatoms. The minimum absolute atomic E-state index is 0.0220. The van der Waals surface area contributed by atoms with Gasteiger partial charge in [-0.2, -0.15) is 0 Å². The van der Waals surface area contributed by atoms with Gasteiger partial charge in [-0.3, -0.25) is 9.69 Å². The first-order chi connectivity index (χ1) is 13.7. The second-order valence-corrected chi connectivity index (χ2v) is 7.59. The highest BCUT2D eigenvalue weighted by Crippen LogP contribution is 2.45. The quantitative estimate of drug-likeness (QED) is 0.641. The molecule has 1 aliphatic carbocycles. The van der Waals surface area contributed by atoms with Gasteiger partial charge in [0.1, 0.15) is 6.04 Å². The van der Waals surface area contributed by atoms with Crippen molar-refractivity contribution in [2.75, 3.05) is 0 Å². The molecule has 0 radical (unpaired) electrons. The Bertz CT molecular complexity index is 856. The third-order valence-electron chi connectivity index (χ3n) is 5.81. The molecule has 0 spiro atoms. The zero-order chi connectivity index (χ0) is 19.5. The van der Waals surface area contributed by atoms with Gasteiger partial charge in [-0.15, -0.1) is 0 Å². The molecule has 1 saturated carbocycles. The van der Waals surface area contributed by atoms with Crippen LogP contribution in [0, 0.1) is 5.92 Å². The number of rotatable bonds is 5. The number of ketones is 1. The van der Waals surface area contributed by atoms with Crippen LogP contribution in [0.25, 0.3) is 0 Å². The van der Waals surface area contributed by atoms with Crippen molar-refractivity contribution in [3.63, 3.8) is 0 Å². The number of amides is 1. The lowest BCUT2D eigenvalue weighted by atomic mass is 9.84. The van der Waals surface area contributed by atoms with Gasteiger partial charge in [0.05, 0.1) is 5.70 Å². The predicted octanol–water partition coefficient (Wildman–Crippen LogP) is 5.58. The van der Waals surface area contributed by atoms with Gasteiger partial charge in [-0.1, -0.05) is 86.5 Å². The Morgan fingerprint density at radius 3 is 2.07 bits per heavy atom. The molecular weight excluding hydrogens is 350 g/mol. The summed E-state index contributed by atoms with van der Waals surface area (Å²) in [5, 5.41) is 0. The van der Waals surface area contributed by atoms with Crippen LogP contribution in [-0.2, 0) is 9.53 Å². The third kappa shape index (κ3) is 3.47. The molecule has 1 heterocycles. The average molecular weight is 375 g/mol. The monoisotopic (exact) mass is 375 g/mol. The van der Waals surface area contributed by atoms with Crippen LogP contribution in [0.5, 0.6) is 0 Å². The van der Waals surface area contributed by atoms with Gasteiger partial charge in [-0.05, 0) is 24.0 Å². The van der Waals surface area contributed by atoms with Crippen molar-refractivity contribution in [3.8, 4) is 0 Å². The van der Waals surface area contributed by atoms with E-state index < -0.39 is 18.2 Å². The molecule has 2 fully saturated rings. The molecule has 2 aliphatic rings. The van der Waals surface area contributed by atoms with E-state index in [1.807, 2.05) is 60.7 Å². The van der Waals surface area contributed by atoms with Crippen molar-refractivity contribution in [2.24, 2.45) is 5.92 Å². The average Bonchev–Trinajstić information content (AvgIpc) is 3.11. The topological polar surface area (TPSA) is 46.6 Å². The number of carbonyl (C=O) groups excluding carboxylic acids is 2. The summed E-state index contributed by atoms with van der Waals surface area (Å²) in [6.45, 7) is 4.04. The molecule has 1 aliphatic heterocycles. The van der Waals surface area contributed by atoms with Crippen molar-refractivity contribution in [3.05, 3.63) is 84.1 Å². The van der Waals surface area contributed by atoms with Crippen molar-refractivity contribution >= 4 is 11.9 Å². The summed E-state index contributed by atoms with van der Waals surface area (Å²) in [7, 11) is 0. The summed E-state index contributed by atoms with van der Waals surface area (Å²) in [5.74, 6) is -0.0625. The second kappa shape index (κ2) is 8.01. The minimum Gasteiger partial charge on any atom is -0.438 e. The molecule has 4 nitrogen and oxygen atoms in total. The molecule has 0 unspecified atom stereocenters. The maximum Gasteiger partial charge on any atom is 0.415 e. The number of hydrogen-bond acceptors (Lipinski definition) is 3. The number of allylic oxidation sites excluding steroid dienone is 1. The number of benzene rings is 2. The highest BCUT2D eigenvalue weighted by atomic mass is 16.6. The zero-order valence-electron chi connectivity index (χ0n) is 15.9. The summed E-state index contributed by atoms with van der Waals surface area (Å²) in [6, 6.07) is 19.0. The predicted molar refractivity (Wildman–Crippen MR) is 107 cm³/mol. The highest BCUT2D eigenvalue weighted by Gasteiger charge is 2.46. The first kappa shape index (κ1) is 18.5. The molecule has 0 N–H and O–H groups in total. The first-order valence-electron chi connectivity index (χ1n) is 9.99. The third-order valence-corrected chi connectivity index (χ3v) is 5.81. The van der Waals surface area contributed by atoms with Gasteiger partial charge in [0.2, 0.25) is 0 Å². The fourth-order valence-electron chi connectivity index (χ4n) is 4.34. The summed E-state index contributed by atoms with van der Waals surface area (Å²) in [4.78, 5) is 27.4. The molecule has 0 bridgehead atoms. The van der Waals surface area contributed by atoms with E-state index in [1.54, 1.807) is 0 Å². The van der Waals surface area contributed by atoms with Crippen LogP contribution < -0.4 is 0 Å². The summed E-state index contributed by atoms with van der Waals surface area (Å²) >= 11 is 0. The van der Waals surface area contributed by atoms with E-state index in [0.717, 1.165) is 36.8 Å². The molecular formula is C24H25NO3. The normalized spacial score (nSPS) is 22.7. The fourth-order valence-corrected chi connectivity index (χ4v) is 4.34. The highest BCUT2D eigenvalue weighted by molar-refractivity contribution is 5.99. The lowest BCUT2D eigenvalue weighted by molar-refractivity contribution is -0.121. The maximum atomic E-state index is 13.1. The van der Waals surface area contributed by atoms with Crippen molar-refractivity contribution < 1.29 is 14.3 Å². The molecule has 1 amide bonds. The number of nitrogens with zero attached hydrogens (tertiary/aromatic N) is 1. The van der Waals surface area contributed by atoms with E-state index >= 15 is 0 Å². The molecule has 0 aromatic heterocycles. The minimum atomic E-state index is -0.503. The van der Waals surface area contributed by atoms with Crippen molar-refractivity contribution in [1.82, 2.24) is 4.90 Å². The Morgan fingerprint density at radius 1 is 0.893 bits per heavy atom. The van der Waals surface area contributed by atoms with E-state index in [4.69, 9.17) is 4.74 Å². The van der Waals surface area contributed by atoms with E-state index in [9.17, 15) is 9.59 Å². The number of Topliss-reactive ketones (excluding diaryl/α,β-unsaturated/α-hetero) is 1. The zero-order valence-corrected chi connectivity index (χ0v) is 15.9. The second-order valence-electron chi connectivity index (χ2n) is 7.59. The molecule has 2 atom stereocenters. The van der Waals surface area contributed by atoms with E-state index in [0.29, 0.717) is 0 Å². The summed E-state index contributed by atoms with van der Waals surface area (Å²) < 4.78 is 5.76. The van der Waals surface area contributed by atoms with Gasteiger partial charge in [0.25, 0.3) is 0 Å². The lowest BCUT2D eigenvalue weighted by Crippen LogP contribution is -2.34. The smallest absolute Gasteiger partial charge is 0.415 e. The Labute approximate surface area is 165 Å². The number of cyclic esters (lactones) is 1. The van der Waals surface area contributed by atoms with Gasteiger partial charge in [0, 0.05) is 5.92 Å². The number of ether oxygens (including phenoxy) is 1. The van der Waals surface area contributed by atoms with Crippen LogP contribution in [0.3, 0.4) is 0 Å². The van der Waals surface area contributed by atoms with E-state index in [2.05, 4.69) is 6.58 Å². The molecule has 2 aromatic rings. The van der Waals surface area contributed by atoms with Gasteiger partial charge in [0.15, 0.2) is 11.9 Å². The molecule has 2 aromatic carbocycles. The van der Waals surface area contributed by atoms with E-state index in [-0.39, 0.29) is 17.4 Å². The largest absolute Gasteiger partial charge is 0.438 e. The van der Waals surface area contributed by atoms with Crippen molar-refractivity contribution in [2.45, 2.75) is 44.2 Å². The Hall–Kier alpha value is -2.88. The SMILES string of the molecule is C=C(C(=O)C1CCCCC1)N1C(=O)O[C@@H](c2ccccc2)[C@H]1c1ccccc1. The van der Waals surface area contributed by atoms with Crippen LogP contribution in [0.2, 0.25) is 0 Å². The first-order valence-corrected chi connectivity index (χ1v) is 9.99. The van der Waals surface area contributed by atoms with Crippen molar-refractivity contribution in [1.29, 1.82) is 0 Å². The molecule has 144 valence electrons. The Morgan fingerprint density at radius 2 is 1.46 bits per heavy atom. The number of carbonyl (C=O) groups is 2. The fraction of sp³-hybridized carbons (Fsp3) is 0.333. The van der Waals surface area contributed by atoms with E-state index in [1.165, 1.54) is 11.3 Å². The maximum absolute atomic E-state index is 13.1. The Balaban J connectivity index is 1.69. The number of hydrogen-bond donors (Lipinski definition) is 0. The lowest BCUT2D eigenvalue weighted by Gasteiger charge is -2.29. The van der Waals surface area contributed by atoms with Gasteiger partial charge < -0.3 is 4.74 Å². The molecule has 1 saturated heterocycles. The Kier molecular flexibility index (Phi) is 5.29. The van der Waals surface area contributed by atoms with Gasteiger partial charge >= 0.3 is 6.09 Å². The molecule has 28 heavy (non-hydrogen) atoms. The van der Waals surface area contributed by atoms with Crippen LogP contribution in [0.4, 0.5) is 4.79 Å². The standard InChI is InChI=1S/C24H25NO3/c1-17(22(26)19-13-7-3-8-14-19)25-21(18-11-5-2-6-12-18)23(28-24(25)27)20-15-9-4-10-16-20/h2,4-6,9-12,15-16,19,21,23H,1,3,7-8,13-14H2/t21-,23+/m1/s1. The molecule has 4 rings (SSSR count). The van der Waals surface area contributed by atoms with Gasteiger partial charge in [-0.25, -0.2) is 4.79 Å². The van der Waals surface area contributed by atoms with Crippen LogP contribution in [-0.4, -0.2) is 16.8 Å². The van der Waals surface area contributed by atoms with Crippen LogP contribution in [0.15, 0.2) is 72.9 Å². The van der Waals surface area contributed by atoms with Crippen LogP contribution in [0.1, 0.15) is 55.4 Å². The summed E-state index contributed by atoms with van der Waals surface area (Å²) in [6.07, 6.45) is 4.05. The van der Waals surface area contributed by atoms with Crippen LogP contribution >= 0.6 is 0 Å². The summed E-state index contributed by atoms with van der Waals surface area (Å²) in [5.41, 5.74) is 2.09.